The average molecular weight is 255 g/mol. The van der Waals surface area contributed by atoms with Gasteiger partial charge in [0.15, 0.2) is 11.9 Å². The van der Waals surface area contributed by atoms with Gasteiger partial charge in [0.25, 0.3) is 0 Å². The van der Waals surface area contributed by atoms with Crippen molar-refractivity contribution >= 4 is 11.7 Å². The van der Waals surface area contributed by atoms with Crippen LogP contribution in [0.1, 0.15) is 6.92 Å². The van der Waals surface area contributed by atoms with Crippen molar-refractivity contribution in [3.8, 4) is 11.5 Å². The number of carbonyl (C=O) groups excluding carboxylic acids is 1. The number of rotatable bonds is 5. The maximum atomic E-state index is 11.2. The Morgan fingerprint density at radius 2 is 2.06 bits per heavy atom. The highest BCUT2D eigenvalue weighted by Gasteiger charge is 2.22. The second kappa shape index (κ2) is 5.85. The summed E-state index contributed by atoms with van der Waals surface area (Å²) in [7, 11) is 2.61. The van der Waals surface area contributed by atoms with Crippen molar-refractivity contribution in [2.75, 3.05) is 14.2 Å². The van der Waals surface area contributed by atoms with Gasteiger partial charge in [-0.2, -0.15) is 0 Å². The Labute approximate surface area is 103 Å². The molecule has 1 rings (SSSR count). The molecule has 0 aliphatic rings. The second-order valence-electron chi connectivity index (χ2n) is 3.37. The fourth-order valence-electron chi connectivity index (χ4n) is 1.27. The first-order valence-electron chi connectivity index (χ1n) is 5.06. The topological polar surface area (TPSA) is 87.9 Å². The van der Waals surface area contributed by atoms with Crippen LogP contribution in [0.2, 0.25) is 0 Å². The fourth-order valence-corrected chi connectivity index (χ4v) is 1.27. The summed E-state index contributed by atoms with van der Waals surface area (Å²) >= 11 is 0. The number of benzene rings is 1. The largest absolute Gasteiger partial charge is 0.496 e. The van der Waals surface area contributed by atoms with Gasteiger partial charge in [0.2, 0.25) is 0 Å². The summed E-state index contributed by atoms with van der Waals surface area (Å²) in [6.45, 7) is 1.44. The number of hydrogen-bond donors (Lipinski definition) is 0. The van der Waals surface area contributed by atoms with Crippen LogP contribution >= 0.6 is 0 Å². The molecule has 0 bridgehead atoms. The summed E-state index contributed by atoms with van der Waals surface area (Å²) in [5.41, 5.74) is -0.273. The molecular weight excluding hydrogens is 242 g/mol. The lowest BCUT2D eigenvalue weighted by Gasteiger charge is -2.12. The minimum Gasteiger partial charge on any atom is -0.496 e. The zero-order valence-corrected chi connectivity index (χ0v) is 10.2. The minimum absolute atomic E-state index is 0.0151. The van der Waals surface area contributed by atoms with Gasteiger partial charge in [-0.25, -0.2) is 4.79 Å². The standard InChI is InChI=1S/C11H13NO6/c1-7(11(13)17-3)18-10-5-4-8(16-2)6-9(10)12(14)15/h4-7H,1-3H3. The third kappa shape index (κ3) is 3.09. The quantitative estimate of drug-likeness (QED) is 0.450. The van der Waals surface area contributed by atoms with E-state index in [0.29, 0.717) is 5.75 Å². The molecule has 1 aromatic carbocycles. The Balaban J connectivity index is 3.01. The Kier molecular flexibility index (Phi) is 4.47. The lowest BCUT2D eigenvalue weighted by molar-refractivity contribution is -0.386. The van der Waals surface area contributed by atoms with Crippen LogP contribution in [0.4, 0.5) is 5.69 Å². The third-order valence-electron chi connectivity index (χ3n) is 2.20. The number of ether oxygens (including phenoxy) is 3. The molecule has 98 valence electrons. The van der Waals surface area contributed by atoms with Gasteiger partial charge < -0.3 is 14.2 Å². The monoisotopic (exact) mass is 255 g/mol. The van der Waals surface area contributed by atoms with E-state index < -0.39 is 17.0 Å². The van der Waals surface area contributed by atoms with Gasteiger partial charge in [-0.3, -0.25) is 10.1 Å². The van der Waals surface area contributed by atoms with Gasteiger partial charge in [-0.1, -0.05) is 0 Å². The van der Waals surface area contributed by atoms with Crippen LogP contribution in [0.3, 0.4) is 0 Å². The molecule has 0 fully saturated rings. The molecule has 0 amide bonds. The molecule has 0 saturated carbocycles. The zero-order valence-electron chi connectivity index (χ0n) is 10.2. The molecular formula is C11H13NO6. The van der Waals surface area contributed by atoms with Crippen LogP contribution in [0, 0.1) is 10.1 Å². The number of nitro groups is 1. The van der Waals surface area contributed by atoms with Gasteiger partial charge in [0.05, 0.1) is 25.2 Å². The number of esters is 1. The van der Waals surface area contributed by atoms with Gasteiger partial charge in [-0.15, -0.1) is 0 Å². The number of nitro benzene ring substituents is 1. The first-order valence-corrected chi connectivity index (χ1v) is 5.06. The molecule has 0 N–H and O–H groups in total. The number of hydrogen-bond acceptors (Lipinski definition) is 6. The molecule has 7 heteroatoms. The minimum atomic E-state index is -0.929. The highest BCUT2D eigenvalue weighted by Crippen LogP contribution is 2.31. The zero-order chi connectivity index (χ0) is 13.7. The molecule has 0 spiro atoms. The summed E-state index contributed by atoms with van der Waals surface area (Å²) in [5, 5.41) is 10.9. The van der Waals surface area contributed by atoms with Gasteiger partial charge in [-0.05, 0) is 19.1 Å². The maximum Gasteiger partial charge on any atom is 0.346 e. The van der Waals surface area contributed by atoms with Gasteiger partial charge in [0, 0.05) is 0 Å². The molecule has 7 nitrogen and oxygen atoms in total. The Morgan fingerprint density at radius 3 is 2.56 bits per heavy atom. The highest BCUT2D eigenvalue weighted by atomic mass is 16.6. The molecule has 0 aliphatic carbocycles. The van der Waals surface area contributed by atoms with E-state index >= 15 is 0 Å². The van der Waals surface area contributed by atoms with Crippen molar-refractivity contribution in [2.45, 2.75) is 13.0 Å². The predicted octanol–water partition coefficient (Wildman–Crippen LogP) is 1.54. The predicted molar refractivity (Wildman–Crippen MR) is 61.8 cm³/mol. The van der Waals surface area contributed by atoms with Crippen LogP contribution in [0.5, 0.6) is 11.5 Å². The molecule has 1 aromatic rings. The first-order chi connectivity index (χ1) is 8.49. The summed E-state index contributed by atoms with van der Waals surface area (Å²) in [4.78, 5) is 21.4. The SMILES string of the molecule is COC(=O)C(C)Oc1ccc(OC)cc1[N+](=O)[O-]. The maximum absolute atomic E-state index is 11.2. The normalized spacial score (nSPS) is 11.5. The van der Waals surface area contributed by atoms with Gasteiger partial charge in [0.1, 0.15) is 5.75 Å². The van der Waals surface area contributed by atoms with E-state index in [1.165, 1.54) is 39.3 Å². The Morgan fingerprint density at radius 1 is 1.39 bits per heavy atom. The van der Waals surface area contributed by atoms with Crippen LogP contribution in [0.15, 0.2) is 18.2 Å². The molecule has 0 heterocycles. The van der Waals surface area contributed by atoms with Crippen molar-refractivity contribution in [3.05, 3.63) is 28.3 Å². The van der Waals surface area contributed by atoms with Crippen LogP contribution in [0.25, 0.3) is 0 Å². The molecule has 1 unspecified atom stereocenters. The second-order valence-corrected chi connectivity index (χ2v) is 3.37. The van der Waals surface area contributed by atoms with Crippen LogP contribution < -0.4 is 9.47 Å². The number of carbonyl (C=O) groups is 1. The van der Waals surface area contributed by atoms with E-state index in [0.717, 1.165) is 0 Å². The first kappa shape index (κ1) is 13.8. The lowest BCUT2D eigenvalue weighted by Crippen LogP contribution is -2.25. The van der Waals surface area contributed by atoms with Crippen molar-refractivity contribution in [1.29, 1.82) is 0 Å². The number of nitrogens with zero attached hydrogens (tertiary/aromatic N) is 1. The summed E-state index contributed by atoms with van der Waals surface area (Å²) in [5.74, 6) is -0.293. The highest BCUT2D eigenvalue weighted by molar-refractivity contribution is 5.74. The smallest absolute Gasteiger partial charge is 0.346 e. The summed E-state index contributed by atoms with van der Waals surface area (Å²) in [6, 6.07) is 4.10. The van der Waals surface area contributed by atoms with Crippen molar-refractivity contribution in [1.82, 2.24) is 0 Å². The van der Waals surface area contributed by atoms with Crippen LogP contribution in [-0.4, -0.2) is 31.2 Å². The molecule has 0 aliphatic heterocycles. The van der Waals surface area contributed by atoms with E-state index in [1.54, 1.807) is 0 Å². The molecule has 0 aromatic heterocycles. The fraction of sp³-hybridized carbons (Fsp3) is 0.364. The summed E-state index contributed by atoms with van der Waals surface area (Å²) < 4.78 is 14.5. The lowest BCUT2D eigenvalue weighted by atomic mass is 10.2. The molecule has 0 radical (unpaired) electrons. The van der Waals surface area contributed by atoms with E-state index in [-0.39, 0.29) is 11.4 Å². The summed E-state index contributed by atoms with van der Waals surface area (Å²) in [6.07, 6.45) is -0.929. The van der Waals surface area contributed by atoms with Crippen molar-refractivity contribution in [3.63, 3.8) is 0 Å². The number of methoxy groups -OCH3 is 2. The molecule has 1 atom stereocenters. The van der Waals surface area contributed by atoms with Gasteiger partial charge >= 0.3 is 11.7 Å². The third-order valence-corrected chi connectivity index (χ3v) is 2.20. The van der Waals surface area contributed by atoms with E-state index in [1.807, 2.05) is 0 Å². The Hall–Kier alpha value is -2.31. The van der Waals surface area contributed by atoms with Crippen molar-refractivity contribution < 1.29 is 23.9 Å². The van der Waals surface area contributed by atoms with Crippen molar-refractivity contribution in [2.24, 2.45) is 0 Å². The van der Waals surface area contributed by atoms with E-state index in [4.69, 9.17) is 9.47 Å². The van der Waals surface area contributed by atoms with Crippen LogP contribution in [-0.2, 0) is 9.53 Å². The molecule has 0 saturated heterocycles. The van der Waals surface area contributed by atoms with E-state index in [9.17, 15) is 14.9 Å². The van der Waals surface area contributed by atoms with E-state index in [2.05, 4.69) is 4.74 Å². The average Bonchev–Trinajstić information content (AvgIpc) is 2.37. The Bertz CT molecular complexity index is 459. The molecule has 18 heavy (non-hydrogen) atoms.